The second-order valence-electron chi connectivity index (χ2n) is 3.83. The Bertz CT molecular complexity index is 217. The number of carbonyl (C=O) groups is 2. The van der Waals surface area contributed by atoms with Crippen molar-refractivity contribution in [3.05, 3.63) is 0 Å². The van der Waals surface area contributed by atoms with Crippen LogP contribution in [-0.2, 0) is 14.3 Å². The third-order valence-electron chi connectivity index (χ3n) is 2.39. The highest BCUT2D eigenvalue weighted by Crippen LogP contribution is 2.10. The normalized spacial score (nSPS) is 25.7. The van der Waals surface area contributed by atoms with E-state index in [4.69, 9.17) is 4.74 Å². The van der Waals surface area contributed by atoms with Gasteiger partial charge in [0.15, 0.2) is 0 Å². The largest absolute Gasteiger partial charge is 0.379 e. The topological polar surface area (TPSA) is 46.6 Å². The van der Waals surface area contributed by atoms with Gasteiger partial charge in [0.2, 0.25) is 5.91 Å². The van der Waals surface area contributed by atoms with Gasteiger partial charge >= 0.3 is 0 Å². The number of hydrogen-bond acceptors (Lipinski definition) is 3. The van der Waals surface area contributed by atoms with Crippen molar-refractivity contribution < 1.29 is 14.3 Å². The van der Waals surface area contributed by atoms with Gasteiger partial charge < -0.3 is 14.4 Å². The van der Waals surface area contributed by atoms with Crippen LogP contribution in [0.1, 0.15) is 20.3 Å². The molecule has 0 bridgehead atoms. The van der Waals surface area contributed by atoms with Crippen LogP contribution >= 0.6 is 0 Å². The van der Waals surface area contributed by atoms with Crippen molar-refractivity contribution in [1.82, 2.24) is 4.90 Å². The molecule has 14 heavy (non-hydrogen) atoms. The molecule has 0 aromatic heterocycles. The van der Waals surface area contributed by atoms with Gasteiger partial charge in [0, 0.05) is 12.5 Å². The van der Waals surface area contributed by atoms with E-state index >= 15 is 0 Å². The predicted molar refractivity (Wildman–Crippen MR) is 51.8 cm³/mol. The molecule has 1 saturated heterocycles. The summed E-state index contributed by atoms with van der Waals surface area (Å²) >= 11 is 0. The quantitative estimate of drug-likeness (QED) is 0.620. The van der Waals surface area contributed by atoms with Crippen LogP contribution in [0.5, 0.6) is 0 Å². The maximum absolute atomic E-state index is 11.6. The summed E-state index contributed by atoms with van der Waals surface area (Å²) in [5, 5.41) is 0. The van der Waals surface area contributed by atoms with E-state index in [1.54, 1.807) is 4.90 Å². The van der Waals surface area contributed by atoms with Crippen molar-refractivity contribution in [3.63, 3.8) is 0 Å². The summed E-state index contributed by atoms with van der Waals surface area (Å²) in [6, 6.07) is 0.0763. The van der Waals surface area contributed by atoms with Crippen LogP contribution in [0.2, 0.25) is 0 Å². The lowest BCUT2D eigenvalue weighted by Crippen LogP contribution is -2.42. The average molecular weight is 199 g/mol. The summed E-state index contributed by atoms with van der Waals surface area (Å²) in [4.78, 5) is 23.9. The molecule has 1 fully saturated rings. The van der Waals surface area contributed by atoms with Crippen LogP contribution in [0.15, 0.2) is 0 Å². The summed E-state index contributed by atoms with van der Waals surface area (Å²) in [5.41, 5.74) is 0. The Kier molecular flexibility index (Phi) is 4.07. The molecule has 4 nitrogen and oxygen atoms in total. The number of hydrogen-bond donors (Lipinski definition) is 0. The zero-order chi connectivity index (χ0) is 10.6. The van der Waals surface area contributed by atoms with Gasteiger partial charge in [-0.2, -0.15) is 0 Å². The zero-order valence-corrected chi connectivity index (χ0v) is 8.73. The summed E-state index contributed by atoms with van der Waals surface area (Å²) < 4.78 is 5.27. The molecule has 4 heteroatoms. The van der Waals surface area contributed by atoms with Crippen molar-refractivity contribution in [2.75, 3.05) is 19.8 Å². The minimum atomic E-state index is -0.0977. The predicted octanol–water partition coefficient (Wildman–Crippen LogP) is 0.459. The fraction of sp³-hybridized carbons (Fsp3) is 0.800. The van der Waals surface area contributed by atoms with Gasteiger partial charge in [-0.25, -0.2) is 0 Å². The number of nitrogens with zero attached hydrogens (tertiary/aromatic N) is 1. The first-order valence-corrected chi connectivity index (χ1v) is 4.97. The molecule has 0 N–H and O–H groups in total. The molecule has 2 atom stereocenters. The van der Waals surface area contributed by atoms with Crippen molar-refractivity contribution in [3.8, 4) is 0 Å². The summed E-state index contributed by atoms with van der Waals surface area (Å²) in [7, 11) is 0. The fourth-order valence-corrected chi connectivity index (χ4v) is 1.53. The molecule has 0 radical (unpaired) electrons. The summed E-state index contributed by atoms with van der Waals surface area (Å²) in [6.07, 6.45) is 1.31. The van der Waals surface area contributed by atoms with Gasteiger partial charge in [-0.05, 0) is 6.92 Å². The first kappa shape index (κ1) is 11.2. The number of ether oxygens (including phenoxy) is 1. The highest BCUT2D eigenvalue weighted by atomic mass is 16.5. The monoisotopic (exact) mass is 199 g/mol. The fourth-order valence-electron chi connectivity index (χ4n) is 1.53. The van der Waals surface area contributed by atoms with Crippen molar-refractivity contribution in [2.45, 2.75) is 26.3 Å². The molecule has 0 aromatic carbocycles. The van der Waals surface area contributed by atoms with Crippen LogP contribution in [0.25, 0.3) is 0 Å². The van der Waals surface area contributed by atoms with E-state index in [1.165, 1.54) is 0 Å². The van der Waals surface area contributed by atoms with E-state index in [-0.39, 0.29) is 17.9 Å². The van der Waals surface area contributed by atoms with E-state index in [9.17, 15) is 9.59 Å². The van der Waals surface area contributed by atoms with E-state index in [2.05, 4.69) is 0 Å². The molecule has 1 aliphatic heterocycles. The van der Waals surface area contributed by atoms with Crippen LogP contribution in [0, 0.1) is 5.92 Å². The van der Waals surface area contributed by atoms with E-state index < -0.39 is 0 Å². The first-order valence-electron chi connectivity index (χ1n) is 4.97. The highest BCUT2D eigenvalue weighted by molar-refractivity contribution is 5.77. The molecule has 1 rings (SSSR count). The number of aldehydes is 1. The van der Waals surface area contributed by atoms with E-state index in [0.717, 1.165) is 6.29 Å². The third-order valence-corrected chi connectivity index (χ3v) is 2.39. The van der Waals surface area contributed by atoms with Gasteiger partial charge in [0.1, 0.15) is 6.29 Å². The van der Waals surface area contributed by atoms with Crippen molar-refractivity contribution in [2.24, 2.45) is 5.92 Å². The molecule has 0 aliphatic carbocycles. The Hall–Kier alpha value is -0.900. The van der Waals surface area contributed by atoms with Gasteiger partial charge in [-0.3, -0.25) is 4.79 Å². The lowest BCUT2D eigenvalue weighted by Gasteiger charge is -2.27. The number of rotatable bonds is 3. The molecule has 0 spiro atoms. The first-order chi connectivity index (χ1) is 6.65. The lowest BCUT2D eigenvalue weighted by atomic mass is 10.1. The minimum absolute atomic E-state index is 0.0763. The van der Waals surface area contributed by atoms with Gasteiger partial charge in [0.05, 0.1) is 25.7 Å². The lowest BCUT2D eigenvalue weighted by molar-refractivity contribution is -0.133. The zero-order valence-electron chi connectivity index (χ0n) is 8.73. The highest BCUT2D eigenvalue weighted by Gasteiger charge is 2.24. The molecule has 2 unspecified atom stereocenters. The minimum Gasteiger partial charge on any atom is -0.379 e. The van der Waals surface area contributed by atoms with Crippen molar-refractivity contribution >= 4 is 12.2 Å². The maximum atomic E-state index is 11.6. The summed E-state index contributed by atoms with van der Waals surface area (Å²) in [6.45, 7) is 5.33. The standard InChI is InChI=1S/C10H17NO3/c1-8(6-12)5-11-9(2)7-14-4-3-10(11)13/h6,8-9H,3-5,7H2,1-2H3. The Morgan fingerprint density at radius 2 is 2.43 bits per heavy atom. The van der Waals surface area contributed by atoms with E-state index in [0.29, 0.717) is 26.2 Å². The molecule has 1 aliphatic rings. The van der Waals surface area contributed by atoms with Crippen LogP contribution in [0.3, 0.4) is 0 Å². The number of carbonyl (C=O) groups excluding carboxylic acids is 2. The van der Waals surface area contributed by atoms with Crippen molar-refractivity contribution in [1.29, 1.82) is 0 Å². The SMILES string of the molecule is CC(C=O)CN1C(=O)CCOCC1C. The molecule has 1 amide bonds. The molecule has 0 saturated carbocycles. The average Bonchev–Trinajstić information content (AvgIpc) is 2.32. The molecule has 0 aromatic rings. The van der Waals surface area contributed by atoms with Crippen LogP contribution in [-0.4, -0.2) is 42.9 Å². The van der Waals surface area contributed by atoms with Crippen LogP contribution < -0.4 is 0 Å². The van der Waals surface area contributed by atoms with E-state index in [1.807, 2.05) is 13.8 Å². The Labute approximate surface area is 84.2 Å². The second-order valence-corrected chi connectivity index (χ2v) is 3.83. The van der Waals surface area contributed by atoms with Gasteiger partial charge in [-0.15, -0.1) is 0 Å². The Balaban J connectivity index is 2.60. The Morgan fingerprint density at radius 3 is 3.07 bits per heavy atom. The summed E-state index contributed by atoms with van der Waals surface area (Å²) in [5.74, 6) is -0.0109. The Morgan fingerprint density at radius 1 is 1.71 bits per heavy atom. The van der Waals surface area contributed by atoms with Crippen LogP contribution in [0.4, 0.5) is 0 Å². The smallest absolute Gasteiger partial charge is 0.225 e. The molecular weight excluding hydrogens is 182 g/mol. The second kappa shape index (κ2) is 5.10. The van der Waals surface area contributed by atoms with Gasteiger partial charge in [-0.1, -0.05) is 6.92 Å². The molecule has 1 heterocycles. The van der Waals surface area contributed by atoms with Gasteiger partial charge in [0.25, 0.3) is 0 Å². The molecule has 80 valence electrons. The third kappa shape index (κ3) is 2.80. The number of amides is 1. The maximum Gasteiger partial charge on any atom is 0.225 e. The molecular formula is C10H17NO3.